The minimum atomic E-state index is -0.563. The smallest absolute Gasteiger partial charge is 0.365 e. The lowest BCUT2D eigenvalue weighted by molar-refractivity contribution is -0.264. The molecule has 0 fully saturated rings. The van der Waals surface area contributed by atoms with Gasteiger partial charge in [-0.2, -0.15) is 4.89 Å². The van der Waals surface area contributed by atoms with Crippen LogP contribution in [-0.2, 0) is 14.6 Å². The average Bonchev–Trinajstić information content (AvgIpc) is 2.38. The normalized spacial score (nSPS) is 9.47. The predicted octanol–water partition coefficient (Wildman–Crippen LogP) is 0.0268. The van der Waals surface area contributed by atoms with Crippen LogP contribution >= 0.6 is 0 Å². The highest BCUT2D eigenvalue weighted by Crippen LogP contribution is 2.02. The van der Waals surface area contributed by atoms with E-state index < -0.39 is 5.97 Å². The van der Waals surface area contributed by atoms with Gasteiger partial charge in [-0.05, 0) is 19.8 Å². The first-order valence-electron chi connectivity index (χ1n) is 5.44. The van der Waals surface area contributed by atoms with Crippen molar-refractivity contribution in [3.05, 3.63) is 12.7 Å². The van der Waals surface area contributed by atoms with Gasteiger partial charge in [0.2, 0.25) is 0 Å². The molecule has 0 aliphatic rings. The van der Waals surface area contributed by atoms with Crippen LogP contribution in [0.3, 0.4) is 0 Å². The Kier molecular flexibility index (Phi) is 16.3. The highest BCUT2D eigenvalue weighted by Gasteiger charge is 2.03. The zero-order valence-corrected chi connectivity index (χ0v) is 10.2. The summed E-state index contributed by atoms with van der Waals surface area (Å²) in [6.45, 7) is 5.39. The Balaban J connectivity index is 0. The maximum Gasteiger partial charge on any atom is 0.365 e. The molecule has 0 heterocycles. The van der Waals surface area contributed by atoms with Crippen LogP contribution in [0.5, 0.6) is 0 Å². The van der Waals surface area contributed by atoms with Crippen LogP contribution in [0, 0.1) is 5.92 Å². The Morgan fingerprint density at radius 1 is 1.35 bits per heavy atom. The third-order valence-corrected chi connectivity index (χ3v) is 1.71. The van der Waals surface area contributed by atoms with Gasteiger partial charge in [0.05, 0.1) is 6.61 Å². The summed E-state index contributed by atoms with van der Waals surface area (Å²) in [4.78, 5) is 18.5. The van der Waals surface area contributed by atoms with Gasteiger partial charge >= 0.3 is 5.97 Å². The SMILES string of the molecule is C=CC(=O)OOCC.OCCCC(CO)CO. The molecule has 102 valence electrons. The molecule has 0 spiro atoms. The number of rotatable bonds is 8. The molecule has 17 heavy (non-hydrogen) atoms. The topological polar surface area (TPSA) is 96.2 Å². The molecule has 6 heteroatoms. The second kappa shape index (κ2) is 15.0. The molecule has 0 radical (unpaired) electrons. The molecule has 0 saturated heterocycles. The molecule has 0 bridgehead atoms. The Labute approximate surface area is 101 Å². The van der Waals surface area contributed by atoms with E-state index in [9.17, 15) is 4.79 Å². The van der Waals surface area contributed by atoms with Crippen LogP contribution in [0.1, 0.15) is 19.8 Å². The maximum absolute atomic E-state index is 10.1. The maximum atomic E-state index is 10.1. The Morgan fingerprint density at radius 2 is 1.94 bits per heavy atom. The molecule has 0 aromatic rings. The quantitative estimate of drug-likeness (QED) is 0.319. The van der Waals surface area contributed by atoms with E-state index in [-0.39, 0.29) is 25.7 Å². The fraction of sp³-hybridized carbons (Fsp3) is 0.727. The van der Waals surface area contributed by atoms with Crippen LogP contribution in [-0.4, -0.2) is 47.7 Å². The zero-order valence-electron chi connectivity index (χ0n) is 10.2. The number of carbonyl (C=O) groups excluding carboxylic acids is 1. The van der Waals surface area contributed by atoms with E-state index in [1.807, 2.05) is 0 Å². The largest absolute Gasteiger partial charge is 0.396 e. The van der Waals surface area contributed by atoms with Gasteiger partial charge < -0.3 is 15.3 Å². The molecule has 0 aromatic heterocycles. The van der Waals surface area contributed by atoms with Crippen molar-refractivity contribution in [2.75, 3.05) is 26.4 Å². The zero-order chi connectivity index (χ0) is 13.5. The molecule has 0 aliphatic heterocycles. The van der Waals surface area contributed by atoms with Gasteiger partial charge in [-0.3, -0.25) is 4.89 Å². The number of hydrogen-bond donors (Lipinski definition) is 3. The Bertz CT molecular complexity index is 179. The summed E-state index contributed by atoms with van der Waals surface area (Å²) >= 11 is 0. The fourth-order valence-corrected chi connectivity index (χ4v) is 0.771. The van der Waals surface area contributed by atoms with Gasteiger partial charge in [0.25, 0.3) is 0 Å². The third kappa shape index (κ3) is 15.1. The molecule has 0 aliphatic carbocycles. The molecule has 6 nitrogen and oxygen atoms in total. The minimum absolute atomic E-state index is 0.0104. The summed E-state index contributed by atoms with van der Waals surface area (Å²) in [5.41, 5.74) is 0. The third-order valence-electron chi connectivity index (χ3n) is 1.71. The molecule has 0 atom stereocenters. The summed E-state index contributed by atoms with van der Waals surface area (Å²) in [5.74, 6) is -0.607. The van der Waals surface area contributed by atoms with Crippen LogP contribution in [0.25, 0.3) is 0 Å². The highest BCUT2D eigenvalue weighted by molar-refractivity contribution is 5.80. The van der Waals surface area contributed by atoms with Gasteiger partial charge in [0.1, 0.15) is 0 Å². The summed E-state index contributed by atoms with van der Waals surface area (Å²) in [7, 11) is 0. The number of aliphatic hydroxyl groups excluding tert-OH is 3. The van der Waals surface area contributed by atoms with Crippen molar-refractivity contribution in [2.24, 2.45) is 5.92 Å². The predicted molar refractivity (Wildman–Crippen MR) is 61.9 cm³/mol. The Morgan fingerprint density at radius 3 is 2.29 bits per heavy atom. The molecular weight excluding hydrogens is 228 g/mol. The summed E-state index contributed by atoms with van der Waals surface area (Å²) < 4.78 is 0. The highest BCUT2D eigenvalue weighted by atomic mass is 17.2. The van der Waals surface area contributed by atoms with Gasteiger partial charge in [-0.15, -0.1) is 0 Å². The van der Waals surface area contributed by atoms with Crippen molar-refractivity contribution in [3.63, 3.8) is 0 Å². The van der Waals surface area contributed by atoms with Crippen molar-refractivity contribution in [1.29, 1.82) is 0 Å². The van der Waals surface area contributed by atoms with E-state index in [0.29, 0.717) is 19.4 Å². The van der Waals surface area contributed by atoms with E-state index in [1.54, 1.807) is 6.92 Å². The molecule has 0 rings (SSSR count). The van der Waals surface area contributed by atoms with E-state index >= 15 is 0 Å². The molecular formula is C11H22O6. The molecule has 0 aromatic carbocycles. The first-order chi connectivity index (χ1) is 8.15. The second-order valence-electron chi connectivity index (χ2n) is 3.11. The lowest BCUT2D eigenvalue weighted by Crippen LogP contribution is -2.11. The van der Waals surface area contributed by atoms with Gasteiger partial charge in [-0.25, -0.2) is 4.79 Å². The fourth-order valence-electron chi connectivity index (χ4n) is 0.771. The first kappa shape index (κ1) is 18.4. The second-order valence-corrected chi connectivity index (χ2v) is 3.11. The van der Waals surface area contributed by atoms with Crippen molar-refractivity contribution < 1.29 is 29.9 Å². The van der Waals surface area contributed by atoms with E-state index in [0.717, 1.165) is 6.08 Å². The molecule has 3 N–H and O–H groups in total. The van der Waals surface area contributed by atoms with E-state index in [1.165, 1.54) is 0 Å². The number of hydrogen-bond acceptors (Lipinski definition) is 6. The monoisotopic (exact) mass is 250 g/mol. The van der Waals surface area contributed by atoms with Crippen molar-refractivity contribution in [3.8, 4) is 0 Å². The van der Waals surface area contributed by atoms with Gasteiger partial charge in [0, 0.05) is 31.8 Å². The standard InChI is InChI=1S/C6H14O3.C5H8O3/c7-3-1-2-6(4-8)5-9;1-3-5(6)8-7-4-2/h6-9H,1-5H2;3H,1,4H2,2H3. The van der Waals surface area contributed by atoms with Crippen LogP contribution in [0.2, 0.25) is 0 Å². The molecule has 0 amide bonds. The Hall–Kier alpha value is -0.950. The molecule has 0 saturated carbocycles. The van der Waals surface area contributed by atoms with Gasteiger partial charge in [0.15, 0.2) is 0 Å². The first-order valence-corrected chi connectivity index (χ1v) is 5.44. The summed E-state index contributed by atoms with van der Waals surface area (Å²) in [6, 6.07) is 0. The van der Waals surface area contributed by atoms with Crippen molar-refractivity contribution in [2.45, 2.75) is 19.8 Å². The van der Waals surface area contributed by atoms with Crippen LogP contribution < -0.4 is 0 Å². The van der Waals surface area contributed by atoms with Gasteiger partial charge in [-0.1, -0.05) is 6.58 Å². The van der Waals surface area contributed by atoms with Crippen LogP contribution in [0.4, 0.5) is 0 Å². The lowest BCUT2D eigenvalue weighted by Gasteiger charge is -2.07. The summed E-state index contributed by atoms with van der Waals surface area (Å²) in [5, 5.41) is 25.4. The molecule has 0 unspecified atom stereocenters. The lowest BCUT2D eigenvalue weighted by atomic mass is 10.1. The van der Waals surface area contributed by atoms with E-state index in [2.05, 4.69) is 16.4 Å². The summed E-state index contributed by atoms with van der Waals surface area (Å²) in [6.07, 6.45) is 2.39. The number of carbonyl (C=O) groups is 1. The minimum Gasteiger partial charge on any atom is -0.396 e. The van der Waals surface area contributed by atoms with Crippen molar-refractivity contribution >= 4 is 5.97 Å². The van der Waals surface area contributed by atoms with Crippen LogP contribution in [0.15, 0.2) is 12.7 Å². The average molecular weight is 250 g/mol. The number of aliphatic hydroxyl groups is 3. The van der Waals surface area contributed by atoms with E-state index in [4.69, 9.17) is 15.3 Å². The van der Waals surface area contributed by atoms with Crippen molar-refractivity contribution in [1.82, 2.24) is 0 Å².